The highest BCUT2D eigenvalue weighted by Gasteiger charge is 2.20. The molecular formula is C18H18Cl2N2O6. The fourth-order valence-corrected chi connectivity index (χ4v) is 2.62. The van der Waals surface area contributed by atoms with Crippen LogP contribution < -0.4 is 19.5 Å². The lowest BCUT2D eigenvalue weighted by atomic mass is 10.1. The number of nitrogens with zero attached hydrogens (tertiary/aromatic N) is 1. The molecule has 1 amide bonds. The number of esters is 1. The van der Waals surface area contributed by atoms with E-state index in [2.05, 4.69) is 10.3 Å². The monoisotopic (exact) mass is 428 g/mol. The number of hydrogen-bond donors (Lipinski definition) is 1. The van der Waals surface area contributed by atoms with Crippen LogP contribution in [0.2, 0.25) is 10.0 Å². The fraction of sp³-hybridized carbons (Fsp3) is 0.278. The summed E-state index contributed by atoms with van der Waals surface area (Å²) in [5.41, 5.74) is 0.569. The predicted octanol–water partition coefficient (Wildman–Crippen LogP) is 3.52. The van der Waals surface area contributed by atoms with Gasteiger partial charge in [-0.15, -0.1) is 0 Å². The van der Waals surface area contributed by atoms with Crippen molar-refractivity contribution in [3.05, 3.63) is 39.5 Å². The first-order valence-corrected chi connectivity index (χ1v) is 8.65. The summed E-state index contributed by atoms with van der Waals surface area (Å²) in [6.07, 6.45) is 0. The predicted molar refractivity (Wildman–Crippen MR) is 104 cm³/mol. The third-order valence-electron chi connectivity index (χ3n) is 3.62. The molecule has 0 aliphatic heterocycles. The quantitative estimate of drug-likeness (QED) is 0.673. The summed E-state index contributed by atoms with van der Waals surface area (Å²) in [5.74, 6) is -0.377. The first-order valence-electron chi connectivity index (χ1n) is 7.90. The van der Waals surface area contributed by atoms with E-state index in [1.807, 2.05) is 0 Å². The van der Waals surface area contributed by atoms with Crippen molar-refractivity contribution in [1.29, 1.82) is 0 Å². The molecule has 150 valence electrons. The lowest BCUT2D eigenvalue weighted by Crippen LogP contribution is -2.22. The van der Waals surface area contributed by atoms with E-state index in [4.69, 9.17) is 42.1 Å². The maximum Gasteiger partial charge on any atom is 0.342 e. The molecule has 8 nitrogen and oxygen atoms in total. The second kappa shape index (κ2) is 9.48. The second-order valence-corrected chi connectivity index (χ2v) is 6.23. The molecule has 1 aromatic carbocycles. The number of methoxy groups -OCH3 is 3. The SMILES string of the molecule is COc1cc(OC)c(C(=O)OCC(=O)Nc2nc(C)c(Cl)cc2Cl)cc1OC. The summed E-state index contributed by atoms with van der Waals surface area (Å²) in [4.78, 5) is 28.5. The van der Waals surface area contributed by atoms with Crippen LogP contribution >= 0.6 is 23.2 Å². The zero-order valence-electron chi connectivity index (χ0n) is 15.6. The molecular weight excluding hydrogens is 411 g/mol. The summed E-state index contributed by atoms with van der Waals surface area (Å²) in [6.45, 7) is 1.10. The van der Waals surface area contributed by atoms with Crippen molar-refractivity contribution in [3.63, 3.8) is 0 Å². The number of aromatic nitrogens is 1. The molecule has 1 heterocycles. The highest BCUT2D eigenvalue weighted by atomic mass is 35.5. The summed E-state index contributed by atoms with van der Waals surface area (Å²) >= 11 is 11.9. The average Bonchev–Trinajstić information content (AvgIpc) is 2.68. The van der Waals surface area contributed by atoms with Gasteiger partial charge in [-0.3, -0.25) is 4.79 Å². The zero-order valence-corrected chi connectivity index (χ0v) is 17.1. The number of benzene rings is 1. The Morgan fingerprint density at radius 1 is 0.964 bits per heavy atom. The van der Waals surface area contributed by atoms with E-state index in [0.717, 1.165) is 0 Å². The number of halogens is 2. The molecule has 0 unspecified atom stereocenters. The second-order valence-electron chi connectivity index (χ2n) is 5.42. The minimum atomic E-state index is -0.778. The Balaban J connectivity index is 2.09. The molecule has 0 aliphatic carbocycles. The van der Waals surface area contributed by atoms with E-state index in [-0.39, 0.29) is 22.2 Å². The van der Waals surface area contributed by atoms with Gasteiger partial charge >= 0.3 is 5.97 Å². The van der Waals surface area contributed by atoms with Gasteiger partial charge < -0.3 is 24.3 Å². The third-order valence-corrected chi connectivity index (χ3v) is 4.29. The van der Waals surface area contributed by atoms with Gasteiger partial charge in [0.1, 0.15) is 11.3 Å². The molecule has 0 saturated heterocycles. The van der Waals surface area contributed by atoms with Crippen LogP contribution in [0.25, 0.3) is 0 Å². The van der Waals surface area contributed by atoms with Crippen molar-refractivity contribution in [1.82, 2.24) is 4.98 Å². The number of amides is 1. The van der Waals surface area contributed by atoms with Crippen LogP contribution in [0.3, 0.4) is 0 Å². The number of aryl methyl sites for hydroxylation is 1. The van der Waals surface area contributed by atoms with E-state index in [0.29, 0.717) is 22.2 Å². The number of hydrogen-bond acceptors (Lipinski definition) is 7. The van der Waals surface area contributed by atoms with Crippen LogP contribution in [0, 0.1) is 6.92 Å². The maximum atomic E-state index is 12.4. The lowest BCUT2D eigenvalue weighted by molar-refractivity contribution is -0.119. The number of pyridine rings is 1. The Labute approximate surface area is 171 Å². The van der Waals surface area contributed by atoms with Gasteiger partial charge in [-0.1, -0.05) is 23.2 Å². The van der Waals surface area contributed by atoms with Crippen LogP contribution in [-0.2, 0) is 9.53 Å². The maximum absolute atomic E-state index is 12.4. The molecule has 0 radical (unpaired) electrons. The normalized spacial score (nSPS) is 10.2. The van der Waals surface area contributed by atoms with Gasteiger partial charge in [-0.2, -0.15) is 0 Å². The summed E-state index contributed by atoms with van der Waals surface area (Å²) in [7, 11) is 4.27. The first kappa shape index (κ1) is 21.6. The third kappa shape index (κ3) is 4.96. The largest absolute Gasteiger partial charge is 0.496 e. The Morgan fingerprint density at radius 3 is 2.18 bits per heavy atom. The van der Waals surface area contributed by atoms with Gasteiger partial charge in [-0.25, -0.2) is 9.78 Å². The number of carbonyl (C=O) groups is 2. The van der Waals surface area contributed by atoms with Crippen LogP contribution in [0.1, 0.15) is 16.1 Å². The van der Waals surface area contributed by atoms with E-state index in [1.165, 1.54) is 39.5 Å². The number of carbonyl (C=O) groups excluding carboxylic acids is 2. The highest BCUT2D eigenvalue weighted by molar-refractivity contribution is 6.36. The molecule has 0 saturated carbocycles. The highest BCUT2D eigenvalue weighted by Crippen LogP contribution is 2.35. The fourth-order valence-electron chi connectivity index (χ4n) is 2.21. The molecule has 0 aliphatic rings. The average molecular weight is 429 g/mol. The molecule has 10 heteroatoms. The van der Waals surface area contributed by atoms with Gasteiger partial charge in [0, 0.05) is 12.1 Å². The Kier molecular flexibility index (Phi) is 7.31. The molecule has 2 rings (SSSR count). The van der Waals surface area contributed by atoms with Gasteiger partial charge in [-0.05, 0) is 13.0 Å². The van der Waals surface area contributed by atoms with Crippen LogP contribution in [0.5, 0.6) is 17.2 Å². The Morgan fingerprint density at radius 2 is 1.57 bits per heavy atom. The number of rotatable bonds is 7. The summed E-state index contributed by atoms with van der Waals surface area (Å²) in [5, 5.41) is 2.99. The number of anilines is 1. The van der Waals surface area contributed by atoms with Crippen LogP contribution in [-0.4, -0.2) is 44.8 Å². The van der Waals surface area contributed by atoms with Gasteiger partial charge in [0.15, 0.2) is 23.9 Å². The molecule has 0 fully saturated rings. The van der Waals surface area contributed by atoms with Gasteiger partial charge in [0.2, 0.25) is 0 Å². The summed E-state index contributed by atoms with van der Waals surface area (Å²) < 4.78 is 20.5. The van der Waals surface area contributed by atoms with Crippen molar-refractivity contribution in [2.45, 2.75) is 6.92 Å². The Bertz CT molecular complexity index is 904. The molecule has 0 atom stereocenters. The van der Waals surface area contributed by atoms with Gasteiger partial charge in [0.05, 0.1) is 37.1 Å². The van der Waals surface area contributed by atoms with Crippen molar-refractivity contribution < 1.29 is 28.5 Å². The molecule has 1 aromatic heterocycles. The molecule has 0 spiro atoms. The van der Waals surface area contributed by atoms with Crippen LogP contribution in [0.15, 0.2) is 18.2 Å². The minimum Gasteiger partial charge on any atom is -0.496 e. The first-order chi connectivity index (χ1) is 13.3. The minimum absolute atomic E-state index is 0.0754. The van der Waals surface area contributed by atoms with Crippen molar-refractivity contribution in [3.8, 4) is 17.2 Å². The zero-order chi connectivity index (χ0) is 20.8. The number of nitrogens with one attached hydrogen (secondary N) is 1. The smallest absolute Gasteiger partial charge is 0.342 e. The standard InChI is InChI=1S/C18H18Cl2N2O6/c1-9-11(19)6-12(20)17(21-9)22-16(23)8-28-18(24)10-5-14(26-3)15(27-4)7-13(10)25-2/h5-7H,8H2,1-4H3,(H,21,22,23). The molecule has 2 aromatic rings. The van der Waals surface area contributed by atoms with Crippen molar-refractivity contribution in [2.75, 3.05) is 33.3 Å². The van der Waals surface area contributed by atoms with Crippen LogP contribution in [0.4, 0.5) is 5.82 Å². The topological polar surface area (TPSA) is 96.0 Å². The van der Waals surface area contributed by atoms with Crippen molar-refractivity contribution >= 4 is 40.9 Å². The molecule has 28 heavy (non-hydrogen) atoms. The lowest BCUT2D eigenvalue weighted by Gasteiger charge is -2.13. The van der Waals surface area contributed by atoms with E-state index in [1.54, 1.807) is 6.92 Å². The molecule has 1 N–H and O–H groups in total. The van der Waals surface area contributed by atoms with Crippen molar-refractivity contribution in [2.24, 2.45) is 0 Å². The van der Waals surface area contributed by atoms with E-state index < -0.39 is 18.5 Å². The molecule has 0 bridgehead atoms. The summed E-state index contributed by atoms with van der Waals surface area (Å²) in [6, 6.07) is 4.34. The Hall–Kier alpha value is -2.71. The van der Waals surface area contributed by atoms with E-state index in [9.17, 15) is 9.59 Å². The van der Waals surface area contributed by atoms with Gasteiger partial charge in [0.25, 0.3) is 5.91 Å². The van der Waals surface area contributed by atoms with E-state index >= 15 is 0 Å². The number of ether oxygens (including phenoxy) is 4.